The van der Waals surface area contributed by atoms with Crippen molar-refractivity contribution in [3.8, 4) is 23.8 Å². The van der Waals surface area contributed by atoms with Gasteiger partial charge in [-0.15, -0.1) is 6.42 Å². The fourth-order valence-electron chi connectivity index (χ4n) is 2.70. The third kappa shape index (κ3) is 4.80. The highest BCUT2D eigenvalue weighted by Crippen LogP contribution is 2.30. The number of piperidine rings is 1. The van der Waals surface area contributed by atoms with Crippen molar-refractivity contribution < 1.29 is 19.0 Å². The Morgan fingerprint density at radius 2 is 2.00 bits per heavy atom. The molecule has 1 aliphatic rings. The summed E-state index contributed by atoms with van der Waals surface area (Å²) in [5, 5.41) is 2.90. The molecule has 0 atom stereocenters. The SMILES string of the molecule is C#CCOCC1CCN(C(=O)Nc2ccc(OC)c(OC)c2)CC1. The number of nitrogens with one attached hydrogen (secondary N) is 1. The first-order valence-electron chi connectivity index (χ1n) is 7.97. The topological polar surface area (TPSA) is 60.0 Å². The second-order valence-corrected chi connectivity index (χ2v) is 5.65. The summed E-state index contributed by atoms with van der Waals surface area (Å²) < 4.78 is 15.8. The monoisotopic (exact) mass is 332 g/mol. The van der Waals surface area contributed by atoms with Gasteiger partial charge < -0.3 is 24.4 Å². The summed E-state index contributed by atoms with van der Waals surface area (Å²) in [6.07, 6.45) is 7.01. The number of terminal acetylenes is 1. The highest BCUT2D eigenvalue weighted by molar-refractivity contribution is 5.89. The summed E-state index contributed by atoms with van der Waals surface area (Å²) in [5.74, 6) is 4.14. The van der Waals surface area contributed by atoms with Crippen molar-refractivity contribution in [1.82, 2.24) is 4.90 Å². The van der Waals surface area contributed by atoms with Gasteiger partial charge in [0, 0.05) is 24.8 Å². The summed E-state index contributed by atoms with van der Waals surface area (Å²) in [5.41, 5.74) is 0.678. The fraction of sp³-hybridized carbons (Fsp3) is 0.500. The zero-order valence-electron chi connectivity index (χ0n) is 14.2. The molecule has 1 fully saturated rings. The number of likely N-dealkylation sites (tertiary alicyclic amines) is 1. The van der Waals surface area contributed by atoms with Crippen LogP contribution in [0.15, 0.2) is 18.2 Å². The van der Waals surface area contributed by atoms with Crippen LogP contribution in [-0.4, -0.2) is 51.5 Å². The first-order chi connectivity index (χ1) is 11.7. The van der Waals surface area contributed by atoms with Crippen LogP contribution in [0.25, 0.3) is 0 Å². The van der Waals surface area contributed by atoms with Gasteiger partial charge in [-0.2, -0.15) is 0 Å². The van der Waals surface area contributed by atoms with Crippen molar-refractivity contribution in [3.05, 3.63) is 18.2 Å². The first kappa shape index (κ1) is 18.0. The average Bonchev–Trinajstić information content (AvgIpc) is 2.62. The Balaban J connectivity index is 1.84. The number of hydrogen-bond acceptors (Lipinski definition) is 4. The molecule has 130 valence electrons. The van der Waals surface area contributed by atoms with Crippen molar-refractivity contribution in [1.29, 1.82) is 0 Å². The molecule has 24 heavy (non-hydrogen) atoms. The number of carbonyl (C=O) groups is 1. The number of methoxy groups -OCH3 is 2. The van der Waals surface area contributed by atoms with Crippen molar-refractivity contribution in [2.75, 3.05) is 45.8 Å². The molecule has 2 amide bonds. The van der Waals surface area contributed by atoms with Crippen LogP contribution in [0, 0.1) is 18.3 Å². The number of hydrogen-bond donors (Lipinski definition) is 1. The van der Waals surface area contributed by atoms with E-state index < -0.39 is 0 Å². The molecule has 0 radical (unpaired) electrons. The summed E-state index contributed by atoms with van der Waals surface area (Å²) in [6, 6.07) is 5.20. The minimum Gasteiger partial charge on any atom is -0.493 e. The van der Waals surface area contributed by atoms with Crippen LogP contribution >= 0.6 is 0 Å². The van der Waals surface area contributed by atoms with Crippen molar-refractivity contribution in [2.24, 2.45) is 5.92 Å². The minimum atomic E-state index is -0.106. The quantitative estimate of drug-likeness (QED) is 0.642. The molecule has 2 rings (SSSR count). The standard InChI is InChI=1S/C18H24N2O4/c1-4-11-24-13-14-7-9-20(10-8-14)18(21)19-15-5-6-16(22-2)17(12-15)23-3/h1,5-6,12,14H,7-11,13H2,2-3H3,(H,19,21). The fourth-order valence-corrected chi connectivity index (χ4v) is 2.70. The zero-order valence-corrected chi connectivity index (χ0v) is 14.2. The molecule has 1 aromatic carbocycles. The lowest BCUT2D eigenvalue weighted by atomic mass is 9.98. The molecule has 1 heterocycles. The molecule has 0 bridgehead atoms. The van der Waals surface area contributed by atoms with Gasteiger partial charge in [0.2, 0.25) is 0 Å². The van der Waals surface area contributed by atoms with Gasteiger partial charge in [0.05, 0.1) is 20.8 Å². The van der Waals surface area contributed by atoms with E-state index in [0.29, 0.717) is 49.4 Å². The normalized spacial score (nSPS) is 14.8. The molecule has 6 heteroatoms. The van der Waals surface area contributed by atoms with Crippen LogP contribution in [0.3, 0.4) is 0 Å². The molecule has 0 aliphatic carbocycles. The van der Waals surface area contributed by atoms with Gasteiger partial charge in [-0.1, -0.05) is 5.92 Å². The molecular weight excluding hydrogens is 308 g/mol. The maximum absolute atomic E-state index is 12.4. The third-order valence-corrected chi connectivity index (χ3v) is 4.08. The van der Waals surface area contributed by atoms with E-state index in [-0.39, 0.29) is 6.03 Å². The molecule has 1 N–H and O–H groups in total. The molecule has 1 aromatic rings. The molecule has 1 saturated heterocycles. The van der Waals surface area contributed by atoms with Crippen molar-refractivity contribution in [2.45, 2.75) is 12.8 Å². The molecule has 0 aromatic heterocycles. The molecular formula is C18H24N2O4. The van der Waals surface area contributed by atoms with Gasteiger partial charge in [-0.05, 0) is 30.9 Å². The van der Waals surface area contributed by atoms with Crippen LogP contribution in [0.2, 0.25) is 0 Å². The van der Waals surface area contributed by atoms with Crippen LogP contribution in [0.1, 0.15) is 12.8 Å². The third-order valence-electron chi connectivity index (χ3n) is 4.08. The van der Waals surface area contributed by atoms with Crippen LogP contribution in [-0.2, 0) is 4.74 Å². The maximum Gasteiger partial charge on any atom is 0.321 e. The Morgan fingerprint density at radius 3 is 2.62 bits per heavy atom. The number of rotatable bonds is 6. The highest BCUT2D eigenvalue weighted by Gasteiger charge is 2.23. The van der Waals surface area contributed by atoms with Gasteiger partial charge in [-0.25, -0.2) is 4.79 Å². The molecule has 1 aliphatic heterocycles. The van der Waals surface area contributed by atoms with E-state index in [1.54, 1.807) is 32.4 Å². The molecule has 6 nitrogen and oxygen atoms in total. The Hall–Kier alpha value is -2.39. The van der Waals surface area contributed by atoms with Gasteiger partial charge in [0.15, 0.2) is 11.5 Å². The summed E-state index contributed by atoms with van der Waals surface area (Å²) >= 11 is 0. The Labute approximate surface area is 143 Å². The number of anilines is 1. The summed E-state index contributed by atoms with van der Waals surface area (Å²) in [7, 11) is 3.14. The van der Waals surface area contributed by atoms with Crippen molar-refractivity contribution >= 4 is 11.7 Å². The second-order valence-electron chi connectivity index (χ2n) is 5.65. The Bertz CT molecular complexity index is 589. The number of urea groups is 1. The molecule has 0 saturated carbocycles. The number of benzene rings is 1. The smallest absolute Gasteiger partial charge is 0.321 e. The van der Waals surface area contributed by atoms with Gasteiger partial charge >= 0.3 is 6.03 Å². The Kier molecular flexibility index (Phi) is 6.76. The van der Waals surface area contributed by atoms with Crippen molar-refractivity contribution in [3.63, 3.8) is 0 Å². The van der Waals surface area contributed by atoms with Gasteiger partial charge in [-0.3, -0.25) is 0 Å². The second kappa shape index (κ2) is 9.04. The number of nitrogens with zero attached hydrogens (tertiary/aromatic N) is 1. The maximum atomic E-state index is 12.4. The number of carbonyl (C=O) groups excluding carboxylic acids is 1. The van der Waals surface area contributed by atoms with E-state index in [2.05, 4.69) is 11.2 Å². The van der Waals surface area contributed by atoms with E-state index in [1.807, 2.05) is 4.90 Å². The van der Waals surface area contributed by atoms with Gasteiger partial charge in [0.1, 0.15) is 6.61 Å². The zero-order chi connectivity index (χ0) is 17.4. The minimum absolute atomic E-state index is 0.106. The summed E-state index contributed by atoms with van der Waals surface area (Å²) in [6.45, 7) is 2.43. The number of amides is 2. The lowest BCUT2D eigenvalue weighted by Crippen LogP contribution is -2.41. The van der Waals surface area contributed by atoms with Crippen LogP contribution in [0.4, 0.5) is 10.5 Å². The van der Waals surface area contributed by atoms with E-state index >= 15 is 0 Å². The highest BCUT2D eigenvalue weighted by atomic mass is 16.5. The van der Waals surface area contributed by atoms with E-state index in [4.69, 9.17) is 20.6 Å². The molecule has 0 spiro atoms. The predicted molar refractivity (Wildman–Crippen MR) is 92.5 cm³/mol. The predicted octanol–water partition coefficient (Wildman–Crippen LogP) is 2.60. The van der Waals surface area contributed by atoms with Gasteiger partial charge in [0.25, 0.3) is 0 Å². The first-order valence-corrected chi connectivity index (χ1v) is 7.97. The lowest BCUT2D eigenvalue weighted by Gasteiger charge is -2.31. The van der Waals surface area contributed by atoms with E-state index in [9.17, 15) is 4.79 Å². The Morgan fingerprint density at radius 1 is 1.29 bits per heavy atom. The largest absolute Gasteiger partial charge is 0.493 e. The van der Waals surface area contributed by atoms with E-state index in [1.165, 1.54) is 0 Å². The lowest BCUT2D eigenvalue weighted by molar-refractivity contribution is 0.0932. The van der Waals surface area contributed by atoms with E-state index in [0.717, 1.165) is 12.8 Å². The average molecular weight is 332 g/mol. The number of ether oxygens (including phenoxy) is 3. The summed E-state index contributed by atoms with van der Waals surface area (Å²) in [4.78, 5) is 14.2. The van der Waals surface area contributed by atoms with Crippen LogP contribution < -0.4 is 14.8 Å². The molecule has 0 unspecified atom stereocenters. The van der Waals surface area contributed by atoms with Crippen LogP contribution in [0.5, 0.6) is 11.5 Å².